The Labute approximate surface area is 118 Å². The molecule has 0 N–H and O–H groups in total. The average molecular weight is 289 g/mol. The maximum Gasteiger partial charge on any atom is 0.410 e. The van der Waals surface area contributed by atoms with Gasteiger partial charge >= 0.3 is 6.09 Å². The Morgan fingerprint density at radius 1 is 1.47 bits per heavy atom. The molecule has 0 aromatic rings. The van der Waals surface area contributed by atoms with Crippen molar-refractivity contribution in [2.75, 3.05) is 19.0 Å². The van der Waals surface area contributed by atoms with Crippen LogP contribution in [0.4, 0.5) is 4.79 Å². The maximum absolute atomic E-state index is 12.0. The number of rotatable bonds is 1. The summed E-state index contributed by atoms with van der Waals surface area (Å²) in [7, 11) is 0. The lowest BCUT2D eigenvalue weighted by Gasteiger charge is -2.37. The highest BCUT2D eigenvalue weighted by atomic mass is 35.5. The molecule has 1 spiro atoms. The lowest BCUT2D eigenvalue weighted by atomic mass is 9.87. The van der Waals surface area contributed by atoms with Crippen molar-refractivity contribution >= 4 is 23.4 Å². The minimum absolute atomic E-state index is 0.247. The number of alkyl halides is 1. The third kappa shape index (κ3) is 3.53. The number of oxime groups is 1. The smallest absolute Gasteiger partial charge is 0.410 e. The fourth-order valence-corrected chi connectivity index (χ4v) is 2.50. The van der Waals surface area contributed by atoms with Gasteiger partial charge < -0.3 is 14.5 Å². The second-order valence-corrected chi connectivity index (χ2v) is 6.48. The molecule has 5 nitrogen and oxygen atoms in total. The molecular formula is C13H21ClN2O3. The van der Waals surface area contributed by atoms with Gasteiger partial charge in [0.05, 0.1) is 11.6 Å². The monoisotopic (exact) mass is 288 g/mol. The van der Waals surface area contributed by atoms with E-state index >= 15 is 0 Å². The molecule has 0 radical (unpaired) electrons. The summed E-state index contributed by atoms with van der Waals surface area (Å²) in [5.74, 6) is 0.414. The second kappa shape index (κ2) is 5.19. The molecule has 2 aliphatic rings. The van der Waals surface area contributed by atoms with Crippen molar-refractivity contribution in [2.24, 2.45) is 5.16 Å². The van der Waals surface area contributed by atoms with E-state index in [0.29, 0.717) is 19.0 Å². The van der Waals surface area contributed by atoms with Crippen LogP contribution >= 0.6 is 11.6 Å². The van der Waals surface area contributed by atoms with E-state index < -0.39 is 5.60 Å². The Balaban J connectivity index is 1.85. The molecule has 0 aliphatic carbocycles. The second-order valence-electron chi connectivity index (χ2n) is 6.21. The van der Waals surface area contributed by atoms with Gasteiger partial charge in [0.15, 0.2) is 0 Å². The van der Waals surface area contributed by atoms with Crippen molar-refractivity contribution in [1.82, 2.24) is 4.90 Å². The molecule has 1 fully saturated rings. The molecule has 0 aromatic heterocycles. The summed E-state index contributed by atoms with van der Waals surface area (Å²) in [5, 5.41) is 4.01. The van der Waals surface area contributed by atoms with E-state index in [9.17, 15) is 4.79 Å². The average Bonchev–Trinajstić information content (AvgIpc) is 2.71. The van der Waals surface area contributed by atoms with E-state index in [1.165, 1.54) is 0 Å². The zero-order valence-corrected chi connectivity index (χ0v) is 12.5. The maximum atomic E-state index is 12.0. The van der Waals surface area contributed by atoms with Crippen molar-refractivity contribution < 1.29 is 14.4 Å². The molecule has 2 rings (SSSR count). The Morgan fingerprint density at radius 3 is 2.58 bits per heavy atom. The van der Waals surface area contributed by atoms with Gasteiger partial charge in [0.1, 0.15) is 11.2 Å². The first-order valence-corrected chi connectivity index (χ1v) is 7.15. The lowest BCUT2D eigenvalue weighted by molar-refractivity contribution is -0.0639. The molecule has 108 valence electrons. The quantitative estimate of drug-likeness (QED) is 0.697. The van der Waals surface area contributed by atoms with Gasteiger partial charge in [0.25, 0.3) is 0 Å². The molecule has 1 saturated heterocycles. The van der Waals surface area contributed by atoms with E-state index in [2.05, 4.69) is 5.16 Å². The normalized spacial score (nSPS) is 22.1. The summed E-state index contributed by atoms with van der Waals surface area (Å²) in [6.07, 6.45) is 2.07. The van der Waals surface area contributed by atoms with Crippen LogP contribution in [0.3, 0.4) is 0 Å². The fraction of sp³-hybridized carbons (Fsp3) is 0.846. The third-order valence-electron chi connectivity index (χ3n) is 3.38. The molecule has 0 aromatic carbocycles. The largest absolute Gasteiger partial charge is 0.444 e. The van der Waals surface area contributed by atoms with Crippen LogP contribution in [0.1, 0.15) is 40.0 Å². The topological polar surface area (TPSA) is 51.1 Å². The molecule has 1 amide bonds. The number of halogens is 1. The predicted molar refractivity (Wildman–Crippen MR) is 73.6 cm³/mol. The number of carbonyl (C=O) groups is 1. The van der Waals surface area contributed by atoms with E-state index in [1.54, 1.807) is 4.90 Å². The zero-order valence-electron chi connectivity index (χ0n) is 11.7. The van der Waals surface area contributed by atoms with E-state index in [0.717, 1.165) is 25.0 Å². The van der Waals surface area contributed by atoms with Crippen LogP contribution in [0, 0.1) is 0 Å². The molecule has 0 atom stereocenters. The van der Waals surface area contributed by atoms with Crippen LogP contribution in [-0.4, -0.2) is 46.9 Å². The number of hydrogen-bond acceptors (Lipinski definition) is 4. The number of likely N-dealkylation sites (tertiary alicyclic amines) is 1. The van der Waals surface area contributed by atoms with Crippen LogP contribution in [0.15, 0.2) is 5.16 Å². The number of hydrogen-bond donors (Lipinski definition) is 0. The van der Waals surface area contributed by atoms with Gasteiger partial charge in [-0.25, -0.2) is 4.79 Å². The third-order valence-corrected chi connectivity index (χ3v) is 3.68. The van der Waals surface area contributed by atoms with E-state index in [4.69, 9.17) is 21.2 Å². The summed E-state index contributed by atoms with van der Waals surface area (Å²) in [6, 6.07) is 0. The Bertz CT molecular complexity index is 382. The van der Waals surface area contributed by atoms with Gasteiger partial charge in [0, 0.05) is 32.4 Å². The Morgan fingerprint density at radius 2 is 2.11 bits per heavy atom. The van der Waals surface area contributed by atoms with Crippen molar-refractivity contribution in [3.05, 3.63) is 0 Å². The zero-order chi connectivity index (χ0) is 14.1. The van der Waals surface area contributed by atoms with Crippen molar-refractivity contribution in [3.8, 4) is 0 Å². The molecule has 2 aliphatic heterocycles. The number of carbonyl (C=O) groups excluding carboxylic acids is 1. The summed E-state index contributed by atoms with van der Waals surface area (Å²) in [6.45, 7) is 6.89. The van der Waals surface area contributed by atoms with Crippen LogP contribution in [-0.2, 0) is 9.57 Å². The molecule has 0 unspecified atom stereocenters. The van der Waals surface area contributed by atoms with Gasteiger partial charge in [0.2, 0.25) is 0 Å². The lowest BCUT2D eigenvalue weighted by Crippen LogP contribution is -2.48. The summed E-state index contributed by atoms with van der Waals surface area (Å²) in [5.41, 5.74) is 0.195. The first-order chi connectivity index (χ1) is 8.84. The number of amides is 1. The molecule has 0 saturated carbocycles. The van der Waals surface area contributed by atoms with Crippen LogP contribution < -0.4 is 0 Å². The van der Waals surface area contributed by atoms with Gasteiger partial charge in [-0.3, -0.25) is 0 Å². The minimum atomic E-state index is -0.453. The van der Waals surface area contributed by atoms with Crippen molar-refractivity contribution in [2.45, 2.75) is 51.2 Å². The van der Waals surface area contributed by atoms with Crippen molar-refractivity contribution in [3.63, 3.8) is 0 Å². The van der Waals surface area contributed by atoms with Crippen LogP contribution in [0.25, 0.3) is 0 Å². The molecular weight excluding hydrogens is 268 g/mol. The summed E-state index contributed by atoms with van der Waals surface area (Å²) < 4.78 is 5.37. The van der Waals surface area contributed by atoms with Gasteiger partial charge in [-0.05, 0) is 20.8 Å². The fourth-order valence-electron chi connectivity index (χ4n) is 2.36. The standard InChI is InChI=1S/C13H21ClN2O3/c1-12(2,3)18-11(17)16-6-4-13(5-7-16)8-10(9-14)15-19-13/h4-9H2,1-3H3. The highest BCUT2D eigenvalue weighted by Crippen LogP contribution is 2.35. The highest BCUT2D eigenvalue weighted by molar-refractivity contribution is 6.28. The Hall–Kier alpha value is -0.970. The molecule has 19 heavy (non-hydrogen) atoms. The summed E-state index contributed by atoms with van der Waals surface area (Å²) >= 11 is 5.77. The number of ether oxygens (including phenoxy) is 1. The number of nitrogens with zero attached hydrogens (tertiary/aromatic N) is 2. The SMILES string of the molecule is CC(C)(C)OC(=O)N1CCC2(CC1)CC(CCl)=NO2. The van der Waals surface area contributed by atoms with Gasteiger partial charge in [-0.1, -0.05) is 5.16 Å². The predicted octanol–water partition coefficient (Wildman–Crippen LogP) is 2.77. The first-order valence-electron chi connectivity index (χ1n) is 6.61. The number of piperidine rings is 1. The van der Waals surface area contributed by atoms with E-state index in [1.807, 2.05) is 20.8 Å². The van der Waals surface area contributed by atoms with E-state index in [-0.39, 0.29) is 11.7 Å². The van der Waals surface area contributed by atoms with Crippen LogP contribution in [0.2, 0.25) is 0 Å². The van der Waals surface area contributed by atoms with Crippen molar-refractivity contribution in [1.29, 1.82) is 0 Å². The minimum Gasteiger partial charge on any atom is -0.444 e. The first kappa shape index (κ1) is 14.4. The Kier molecular flexibility index (Phi) is 3.95. The summed E-state index contributed by atoms with van der Waals surface area (Å²) in [4.78, 5) is 19.2. The van der Waals surface area contributed by atoms with Crippen LogP contribution in [0.5, 0.6) is 0 Å². The van der Waals surface area contributed by atoms with Gasteiger partial charge in [-0.2, -0.15) is 0 Å². The molecule has 6 heteroatoms. The molecule has 2 heterocycles. The highest BCUT2D eigenvalue weighted by Gasteiger charge is 2.43. The van der Waals surface area contributed by atoms with Gasteiger partial charge in [-0.15, -0.1) is 11.6 Å². The molecule has 0 bridgehead atoms.